The molecule has 2 aromatic rings. The molecule has 0 spiro atoms. The summed E-state index contributed by atoms with van der Waals surface area (Å²) >= 11 is 0. The van der Waals surface area contributed by atoms with Crippen LogP contribution in [0.2, 0.25) is 0 Å². The van der Waals surface area contributed by atoms with Crippen molar-refractivity contribution in [2.75, 3.05) is 13.6 Å². The van der Waals surface area contributed by atoms with E-state index < -0.39 is 0 Å². The van der Waals surface area contributed by atoms with Crippen molar-refractivity contribution in [1.29, 1.82) is 0 Å². The molecular formula is C15H25IN6. The van der Waals surface area contributed by atoms with Gasteiger partial charge in [-0.05, 0) is 25.1 Å². The van der Waals surface area contributed by atoms with E-state index in [4.69, 9.17) is 0 Å². The van der Waals surface area contributed by atoms with Crippen molar-refractivity contribution in [3.8, 4) is 0 Å². The molecule has 0 fully saturated rings. The summed E-state index contributed by atoms with van der Waals surface area (Å²) in [6.07, 6.45) is 3.86. The van der Waals surface area contributed by atoms with Crippen LogP contribution in [0.25, 0.3) is 0 Å². The van der Waals surface area contributed by atoms with Gasteiger partial charge in [-0.2, -0.15) is 5.10 Å². The van der Waals surface area contributed by atoms with E-state index in [9.17, 15) is 0 Å². The maximum Gasteiger partial charge on any atom is 0.194 e. The highest BCUT2D eigenvalue weighted by Crippen LogP contribution is 2.05. The zero-order valence-electron chi connectivity index (χ0n) is 13.7. The predicted octanol–water partition coefficient (Wildman–Crippen LogP) is 1.97. The Bertz CT molecular complexity index is 601. The number of guanidine groups is 1. The lowest BCUT2D eigenvalue weighted by molar-refractivity contribution is 0.461. The molecule has 0 radical (unpaired) electrons. The lowest BCUT2D eigenvalue weighted by Crippen LogP contribution is -2.38. The molecule has 0 aliphatic carbocycles. The van der Waals surface area contributed by atoms with Crippen molar-refractivity contribution in [1.82, 2.24) is 24.6 Å². The lowest BCUT2D eigenvalue weighted by atomic mass is 10.4. The standard InChI is InChI=1S/C15H24N6.HI/c1-5-16-15(17-11-13-8-9-18-21(13)4)20(3)12-14-7-6-10-19(14)2;/h6-10H,5,11-12H2,1-4H3,(H,16,17);1H. The molecule has 2 heterocycles. The fourth-order valence-electron chi connectivity index (χ4n) is 2.16. The first-order valence-corrected chi connectivity index (χ1v) is 7.18. The van der Waals surface area contributed by atoms with Gasteiger partial charge in [-0.15, -0.1) is 24.0 Å². The average Bonchev–Trinajstić information content (AvgIpc) is 3.04. The van der Waals surface area contributed by atoms with Gasteiger partial charge in [-0.3, -0.25) is 4.68 Å². The van der Waals surface area contributed by atoms with Gasteiger partial charge in [0.2, 0.25) is 0 Å². The van der Waals surface area contributed by atoms with Crippen LogP contribution in [0.15, 0.2) is 35.6 Å². The van der Waals surface area contributed by atoms with Gasteiger partial charge < -0.3 is 14.8 Å². The van der Waals surface area contributed by atoms with Gasteiger partial charge in [0.25, 0.3) is 0 Å². The maximum absolute atomic E-state index is 4.69. The summed E-state index contributed by atoms with van der Waals surface area (Å²) in [7, 11) is 6.05. The molecule has 0 saturated carbocycles. The third-order valence-electron chi connectivity index (χ3n) is 3.46. The molecule has 0 aromatic carbocycles. The highest BCUT2D eigenvalue weighted by atomic mass is 127. The summed E-state index contributed by atoms with van der Waals surface area (Å²) in [6, 6.07) is 6.17. The molecule has 0 unspecified atom stereocenters. The summed E-state index contributed by atoms with van der Waals surface area (Å²) < 4.78 is 3.98. The molecule has 0 atom stereocenters. The van der Waals surface area contributed by atoms with E-state index in [1.165, 1.54) is 5.69 Å². The number of halogens is 1. The molecule has 0 aliphatic heterocycles. The first-order valence-electron chi connectivity index (χ1n) is 7.18. The Hall–Kier alpha value is -1.51. The highest BCUT2D eigenvalue weighted by Gasteiger charge is 2.08. The Morgan fingerprint density at radius 3 is 2.64 bits per heavy atom. The number of hydrogen-bond acceptors (Lipinski definition) is 2. The zero-order chi connectivity index (χ0) is 15.2. The van der Waals surface area contributed by atoms with Crippen molar-refractivity contribution in [2.24, 2.45) is 19.1 Å². The number of nitrogens with one attached hydrogen (secondary N) is 1. The quantitative estimate of drug-likeness (QED) is 0.461. The third kappa shape index (κ3) is 4.75. The van der Waals surface area contributed by atoms with Crippen LogP contribution in [0, 0.1) is 0 Å². The molecule has 6 nitrogen and oxygen atoms in total. The minimum atomic E-state index is 0. The Morgan fingerprint density at radius 2 is 2.09 bits per heavy atom. The largest absolute Gasteiger partial charge is 0.357 e. The van der Waals surface area contributed by atoms with Gasteiger partial charge >= 0.3 is 0 Å². The predicted molar refractivity (Wildman–Crippen MR) is 100 cm³/mol. The normalized spacial score (nSPS) is 11.2. The smallest absolute Gasteiger partial charge is 0.194 e. The van der Waals surface area contributed by atoms with Crippen LogP contribution in [0.4, 0.5) is 0 Å². The van der Waals surface area contributed by atoms with Gasteiger partial charge in [0, 0.05) is 45.8 Å². The van der Waals surface area contributed by atoms with Crippen LogP contribution in [0.3, 0.4) is 0 Å². The number of aryl methyl sites for hydroxylation is 2. The molecule has 122 valence electrons. The topological polar surface area (TPSA) is 50.4 Å². The van der Waals surface area contributed by atoms with E-state index in [0.29, 0.717) is 6.54 Å². The van der Waals surface area contributed by atoms with Gasteiger partial charge in [0.1, 0.15) is 0 Å². The number of aliphatic imine (C=N–C) groups is 1. The van der Waals surface area contributed by atoms with Gasteiger partial charge in [0.15, 0.2) is 5.96 Å². The summed E-state index contributed by atoms with van der Waals surface area (Å²) in [4.78, 5) is 6.82. The number of aromatic nitrogens is 3. The molecule has 2 rings (SSSR count). The molecule has 0 aliphatic rings. The number of hydrogen-bond donors (Lipinski definition) is 1. The molecule has 0 bridgehead atoms. The molecule has 1 N–H and O–H groups in total. The van der Waals surface area contributed by atoms with Crippen LogP contribution in [0.1, 0.15) is 18.3 Å². The Kier molecular flexibility index (Phi) is 7.43. The molecule has 0 saturated heterocycles. The number of nitrogens with zero attached hydrogens (tertiary/aromatic N) is 5. The SMILES string of the molecule is CCNC(=NCc1ccnn1C)N(C)Cc1cccn1C.I. The van der Waals surface area contributed by atoms with E-state index >= 15 is 0 Å². The van der Waals surface area contributed by atoms with E-state index in [2.05, 4.69) is 64.2 Å². The van der Waals surface area contributed by atoms with E-state index in [-0.39, 0.29) is 24.0 Å². The minimum Gasteiger partial charge on any atom is -0.357 e. The van der Waals surface area contributed by atoms with Gasteiger partial charge in [-0.1, -0.05) is 0 Å². The summed E-state index contributed by atoms with van der Waals surface area (Å²) in [5, 5.41) is 7.50. The van der Waals surface area contributed by atoms with Crippen LogP contribution < -0.4 is 5.32 Å². The summed E-state index contributed by atoms with van der Waals surface area (Å²) in [5.74, 6) is 0.903. The fourth-order valence-corrected chi connectivity index (χ4v) is 2.16. The van der Waals surface area contributed by atoms with Crippen LogP contribution in [-0.4, -0.2) is 38.8 Å². The second-order valence-electron chi connectivity index (χ2n) is 5.08. The monoisotopic (exact) mass is 416 g/mol. The fraction of sp³-hybridized carbons (Fsp3) is 0.467. The van der Waals surface area contributed by atoms with Crippen LogP contribution >= 0.6 is 24.0 Å². The van der Waals surface area contributed by atoms with Crippen LogP contribution in [-0.2, 0) is 27.2 Å². The molecular weight excluding hydrogens is 391 g/mol. The Labute approximate surface area is 149 Å². The van der Waals surface area contributed by atoms with Crippen molar-refractivity contribution in [2.45, 2.75) is 20.0 Å². The van der Waals surface area contributed by atoms with Crippen molar-refractivity contribution >= 4 is 29.9 Å². The summed E-state index contributed by atoms with van der Waals surface area (Å²) in [5.41, 5.74) is 2.35. The van der Waals surface area contributed by atoms with E-state index in [1.807, 2.05) is 17.8 Å². The first-order chi connectivity index (χ1) is 10.1. The van der Waals surface area contributed by atoms with E-state index in [0.717, 1.165) is 24.7 Å². The van der Waals surface area contributed by atoms with Crippen LogP contribution in [0.5, 0.6) is 0 Å². The average molecular weight is 416 g/mol. The second-order valence-corrected chi connectivity index (χ2v) is 5.08. The Morgan fingerprint density at radius 1 is 1.32 bits per heavy atom. The van der Waals surface area contributed by atoms with Crippen molar-refractivity contribution in [3.63, 3.8) is 0 Å². The highest BCUT2D eigenvalue weighted by molar-refractivity contribution is 14.0. The third-order valence-corrected chi connectivity index (χ3v) is 3.46. The lowest BCUT2D eigenvalue weighted by Gasteiger charge is -2.22. The zero-order valence-corrected chi connectivity index (χ0v) is 16.0. The minimum absolute atomic E-state index is 0. The molecule has 22 heavy (non-hydrogen) atoms. The van der Waals surface area contributed by atoms with Crippen molar-refractivity contribution in [3.05, 3.63) is 42.0 Å². The Balaban J connectivity index is 0.00000242. The van der Waals surface area contributed by atoms with Crippen molar-refractivity contribution < 1.29 is 0 Å². The first kappa shape index (κ1) is 18.5. The van der Waals surface area contributed by atoms with Gasteiger partial charge in [-0.25, -0.2) is 4.99 Å². The second kappa shape index (κ2) is 8.82. The maximum atomic E-state index is 4.69. The number of rotatable bonds is 5. The molecule has 2 aromatic heterocycles. The molecule has 0 amide bonds. The van der Waals surface area contributed by atoms with E-state index in [1.54, 1.807) is 6.20 Å². The molecule has 7 heteroatoms. The summed E-state index contributed by atoms with van der Waals surface area (Å²) in [6.45, 7) is 4.37. The van der Waals surface area contributed by atoms with Gasteiger partial charge in [0.05, 0.1) is 18.8 Å².